The predicted octanol–water partition coefficient (Wildman–Crippen LogP) is 5.40. The molecule has 0 N–H and O–H groups in total. The summed E-state index contributed by atoms with van der Waals surface area (Å²) in [5, 5.41) is 9.97. The number of aromatic nitrogens is 1. The standard InChI is InChI=1S/C22H12ClFN2O2S/c23-16-6-4-15(5-7-16)22-19-11-17(24)8-9-20(19)26-13-21(22)29(27,28)18-3-1-2-14(10-18)12-25/h1-11,13H. The summed E-state index contributed by atoms with van der Waals surface area (Å²) in [6.45, 7) is 0. The van der Waals surface area contributed by atoms with Crippen LogP contribution in [-0.2, 0) is 9.84 Å². The zero-order valence-electron chi connectivity index (χ0n) is 14.8. The highest BCUT2D eigenvalue weighted by molar-refractivity contribution is 7.91. The zero-order chi connectivity index (χ0) is 20.6. The summed E-state index contributed by atoms with van der Waals surface area (Å²) < 4.78 is 40.9. The molecule has 4 nitrogen and oxygen atoms in total. The quantitative estimate of drug-likeness (QED) is 0.443. The minimum absolute atomic E-state index is 0.0377. The largest absolute Gasteiger partial charge is 0.255 e. The molecule has 0 spiro atoms. The van der Waals surface area contributed by atoms with Gasteiger partial charge in [0.1, 0.15) is 5.82 Å². The van der Waals surface area contributed by atoms with Crippen molar-refractivity contribution in [1.82, 2.24) is 4.98 Å². The fourth-order valence-electron chi connectivity index (χ4n) is 3.12. The van der Waals surface area contributed by atoms with Crippen LogP contribution in [-0.4, -0.2) is 13.4 Å². The van der Waals surface area contributed by atoms with E-state index < -0.39 is 15.7 Å². The number of rotatable bonds is 3. The average molecular weight is 423 g/mol. The molecule has 7 heteroatoms. The Hall–Kier alpha value is -3.27. The van der Waals surface area contributed by atoms with Gasteiger partial charge < -0.3 is 0 Å². The van der Waals surface area contributed by atoms with Crippen molar-refractivity contribution in [3.05, 3.63) is 89.3 Å². The maximum absolute atomic E-state index is 14.0. The van der Waals surface area contributed by atoms with E-state index in [1.165, 1.54) is 48.7 Å². The summed E-state index contributed by atoms with van der Waals surface area (Å²) in [6.07, 6.45) is 1.26. The Balaban J connectivity index is 2.08. The smallest absolute Gasteiger partial charge is 0.208 e. The number of benzene rings is 3. The lowest BCUT2D eigenvalue weighted by Gasteiger charge is -2.14. The number of pyridine rings is 1. The van der Waals surface area contributed by atoms with Crippen LogP contribution in [0.15, 0.2) is 82.7 Å². The van der Waals surface area contributed by atoms with Crippen LogP contribution in [0.1, 0.15) is 5.56 Å². The molecule has 0 aliphatic carbocycles. The third-order valence-corrected chi connectivity index (χ3v) is 6.51. The number of nitrogens with zero attached hydrogens (tertiary/aromatic N) is 2. The van der Waals surface area contributed by atoms with Gasteiger partial charge in [0.2, 0.25) is 9.84 Å². The molecule has 0 amide bonds. The van der Waals surface area contributed by atoms with Gasteiger partial charge in [-0.05, 0) is 54.1 Å². The Bertz CT molecular complexity index is 1400. The molecule has 0 atom stereocenters. The summed E-state index contributed by atoms with van der Waals surface area (Å²) in [4.78, 5) is 4.11. The normalized spacial score (nSPS) is 11.3. The van der Waals surface area contributed by atoms with E-state index >= 15 is 0 Å². The SMILES string of the molecule is N#Cc1cccc(S(=O)(=O)c2cnc3ccc(F)cc3c2-c2ccc(Cl)cc2)c1. The molecule has 142 valence electrons. The van der Waals surface area contributed by atoms with Crippen molar-refractivity contribution in [1.29, 1.82) is 5.26 Å². The summed E-state index contributed by atoms with van der Waals surface area (Å²) in [5.41, 5.74) is 1.57. The van der Waals surface area contributed by atoms with Crippen LogP contribution in [0.5, 0.6) is 0 Å². The van der Waals surface area contributed by atoms with Gasteiger partial charge in [0, 0.05) is 22.2 Å². The van der Waals surface area contributed by atoms with Crippen LogP contribution in [0.3, 0.4) is 0 Å². The van der Waals surface area contributed by atoms with Gasteiger partial charge in [0.05, 0.1) is 26.9 Å². The summed E-state index contributed by atoms with van der Waals surface area (Å²) in [6, 6.07) is 18.3. The number of sulfone groups is 1. The van der Waals surface area contributed by atoms with Gasteiger partial charge >= 0.3 is 0 Å². The zero-order valence-corrected chi connectivity index (χ0v) is 16.4. The van der Waals surface area contributed by atoms with Gasteiger partial charge in [0.15, 0.2) is 0 Å². The van der Waals surface area contributed by atoms with Gasteiger partial charge in [-0.3, -0.25) is 4.98 Å². The van der Waals surface area contributed by atoms with E-state index in [1.807, 2.05) is 6.07 Å². The molecule has 4 rings (SSSR count). The summed E-state index contributed by atoms with van der Waals surface area (Å²) in [7, 11) is -4.03. The summed E-state index contributed by atoms with van der Waals surface area (Å²) >= 11 is 5.98. The minimum atomic E-state index is -4.03. The fraction of sp³-hybridized carbons (Fsp3) is 0. The topological polar surface area (TPSA) is 70.8 Å². The highest BCUT2D eigenvalue weighted by atomic mass is 35.5. The molecule has 4 aromatic rings. The average Bonchev–Trinajstić information content (AvgIpc) is 2.73. The third kappa shape index (κ3) is 3.46. The highest BCUT2D eigenvalue weighted by Gasteiger charge is 2.25. The van der Waals surface area contributed by atoms with Crippen molar-refractivity contribution < 1.29 is 12.8 Å². The number of hydrogen-bond acceptors (Lipinski definition) is 4. The minimum Gasteiger partial charge on any atom is -0.255 e. The van der Waals surface area contributed by atoms with Crippen molar-refractivity contribution in [2.45, 2.75) is 9.79 Å². The second-order valence-corrected chi connectivity index (χ2v) is 8.66. The second kappa shape index (κ2) is 7.28. The van der Waals surface area contributed by atoms with Gasteiger partial charge in [-0.2, -0.15) is 5.26 Å². The first-order valence-electron chi connectivity index (χ1n) is 8.49. The van der Waals surface area contributed by atoms with Crippen molar-refractivity contribution in [2.24, 2.45) is 0 Å². The molecule has 0 unspecified atom stereocenters. The third-order valence-electron chi connectivity index (χ3n) is 4.49. The Labute approximate surface area is 171 Å². The van der Waals surface area contributed by atoms with Crippen LogP contribution in [0.25, 0.3) is 22.0 Å². The molecule has 3 aromatic carbocycles. The lowest BCUT2D eigenvalue weighted by molar-refractivity contribution is 0.596. The molecular formula is C22H12ClFN2O2S. The molecule has 0 aliphatic heterocycles. The molecular weight excluding hydrogens is 411 g/mol. The van der Waals surface area contributed by atoms with E-state index in [4.69, 9.17) is 16.9 Å². The highest BCUT2D eigenvalue weighted by Crippen LogP contribution is 2.37. The van der Waals surface area contributed by atoms with E-state index in [1.54, 1.807) is 24.3 Å². The fourth-order valence-corrected chi connectivity index (χ4v) is 4.73. The first-order valence-corrected chi connectivity index (χ1v) is 10.4. The van der Waals surface area contributed by atoms with Crippen molar-refractivity contribution in [3.63, 3.8) is 0 Å². The number of hydrogen-bond donors (Lipinski definition) is 0. The number of fused-ring (bicyclic) bond motifs is 1. The molecule has 1 heterocycles. The molecule has 0 fully saturated rings. The lowest BCUT2D eigenvalue weighted by atomic mass is 10.0. The van der Waals surface area contributed by atoms with Crippen LogP contribution in [0.2, 0.25) is 5.02 Å². The molecule has 29 heavy (non-hydrogen) atoms. The van der Waals surface area contributed by atoms with Gasteiger partial charge in [-0.15, -0.1) is 0 Å². The Kier molecular flexibility index (Phi) is 4.79. The predicted molar refractivity (Wildman–Crippen MR) is 109 cm³/mol. The molecule has 0 bridgehead atoms. The maximum Gasteiger partial charge on any atom is 0.208 e. The molecule has 1 aromatic heterocycles. The van der Waals surface area contributed by atoms with Gasteiger partial charge in [-0.1, -0.05) is 29.8 Å². The molecule has 0 radical (unpaired) electrons. The van der Waals surface area contributed by atoms with Crippen molar-refractivity contribution in [3.8, 4) is 17.2 Å². The van der Waals surface area contributed by atoms with Gasteiger partial charge in [-0.25, -0.2) is 12.8 Å². The Morgan fingerprint density at radius 1 is 1.00 bits per heavy atom. The van der Waals surface area contributed by atoms with Crippen LogP contribution >= 0.6 is 11.6 Å². The Morgan fingerprint density at radius 3 is 2.48 bits per heavy atom. The maximum atomic E-state index is 14.0. The number of halogens is 2. The van der Waals surface area contributed by atoms with Crippen LogP contribution in [0, 0.1) is 17.1 Å². The van der Waals surface area contributed by atoms with Crippen molar-refractivity contribution >= 4 is 32.3 Å². The molecule has 0 saturated carbocycles. The molecule has 0 aliphatic rings. The first kappa shape index (κ1) is 19.1. The van der Waals surface area contributed by atoms with E-state index in [-0.39, 0.29) is 15.4 Å². The second-order valence-electron chi connectivity index (χ2n) is 6.31. The van der Waals surface area contributed by atoms with E-state index in [0.717, 1.165) is 0 Å². The van der Waals surface area contributed by atoms with Crippen LogP contribution < -0.4 is 0 Å². The molecule has 0 saturated heterocycles. The van der Waals surface area contributed by atoms with E-state index in [0.29, 0.717) is 27.1 Å². The van der Waals surface area contributed by atoms with Crippen LogP contribution in [0.4, 0.5) is 4.39 Å². The van der Waals surface area contributed by atoms with Crippen molar-refractivity contribution in [2.75, 3.05) is 0 Å². The number of nitriles is 1. The van der Waals surface area contributed by atoms with E-state index in [2.05, 4.69) is 4.98 Å². The Morgan fingerprint density at radius 2 is 1.76 bits per heavy atom. The summed E-state index contributed by atoms with van der Waals surface area (Å²) in [5.74, 6) is -0.504. The monoisotopic (exact) mass is 422 g/mol. The first-order chi connectivity index (χ1) is 13.9. The van der Waals surface area contributed by atoms with Gasteiger partial charge in [0.25, 0.3) is 0 Å². The van der Waals surface area contributed by atoms with E-state index in [9.17, 15) is 12.8 Å². The lowest BCUT2D eigenvalue weighted by Crippen LogP contribution is -2.06.